The standard InChI is InChI=1S/C15H13ClN2S2/c1-9(2)20-15-13-12(7-19-14(13)17-8-18-15)10-3-5-11(16)6-4-10/h3-9H,1-2H3. The van der Waals surface area contributed by atoms with Crippen molar-refractivity contribution in [1.82, 2.24) is 9.97 Å². The molecule has 0 saturated heterocycles. The van der Waals surface area contributed by atoms with E-state index in [2.05, 4.69) is 29.2 Å². The number of benzene rings is 1. The van der Waals surface area contributed by atoms with Crippen molar-refractivity contribution in [3.63, 3.8) is 0 Å². The summed E-state index contributed by atoms with van der Waals surface area (Å²) in [4.78, 5) is 9.87. The van der Waals surface area contributed by atoms with Gasteiger partial charge in [0.2, 0.25) is 0 Å². The molecule has 3 rings (SSSR count). The topological polar surface area (TPSA) is 25.8 Å². The third kappa shape index (κ3) is 2.68. The van der Waals surface area contributed by atoms with Crippen LogP contribution in [0.2, 0.25) is 5.02 Å². The predicted molar refractivity (Wildman–Crippen MR) is 88.9 cm³/mol. The first-order valence-corrected chi connectivity index (χ1v) is 8.43. The lowest BCUT2D eigenvalue weighted by molar-refractivity contribution is 1.07. The molecule has 0 aliphatic rings. The van der Waals surface area contributed by atoms with Crippen LogP contribution in [0.5, 0.6) is 0 Å². The molecule has 2 nitrogen and oxygen atoms in total. The van der Waals surface area contributed by atoms with Crippen LogP contribution in [0, 0.1) is 0 Å². The van der Waals surface area contributed by atoms with Gasteiger partial charge in [0.1, 0.15) is 16.2 Å². The van der Waals surface area contributed by atoms with Crippen LogP contribution in [0.3, 0.4) is 0 Å². The van der Waals surface area contributed by atoms with Crippen LogP contribution in [0.15, 0.2) is 41.0 Å². The lowest BCUT2D eigenvalue weighted by atomic mass is 10.1. The lowest BCUT2D eigenvalue weighted by Crippen LogP contribution is -1.91. The Labute approximate surface area is 131 Å². The highest BCUT2D eigenvalue weighted by atomic mass is 35.5. The van der Waals surface area contributed by atoms with Gasteiger partial charge in [-0.1, -0.05) is 37.6 Å². The second-order valence-electron chi connectivity index (χ2n) is 4.68. The largest absolute Gasteiger partial charge is 0.229 e. The van der Waals surface area contributed by atoms with Crippen molar-refractivity contribution in [2.24, 2.45) is 0 Å². The Kier molecular flexibility index (Phi) is 3.96. The Morgan fingerprint density at radius 2 is 1.90 bits per heavy atom. The Balaban J connectivity index is 2.18. The van der Waals surface area contributed by atoms with E-state index in [4.69, 9.17) is 11.6 Å². The summed E-state index contributed by atoms with van der Waals surface area (Å²) in [7, 11) is 0. The van der Waals surface area contributed by atoms with Gasteiger partial charge in [0.25, 0.3) is 0 Å². The Morgan fingerprint density at radius 1 is 1.15 bits per heavy atom. The molecule has 1 aromatic carbocycles. The first-order chi connectivity index (χ1) is 9.65. The number of aromatic nitrogens is 2. The maximum absolute atomic E-state index is 5.97. The number of halogens is 1. The van der Waals surface area contributed by atoms with Crippen molar-refractivity contribution >= 4 is 44.9 Å². The number of hydrogen-bond acceptors (Lipinski definition) is 4. The van der Waals surface area contributed by atoms with Crippen molar-refractivity contribution in [1.29, 1.82) is 0 Å². The van der Waals surface area contributed by atoms with Crippen LogP contribution in [-0.2, 0) is 0 Å². The van der Waals surface area contributed by atoms with Gasteiger partial charge in [-0.2, -0.15) is 0 Å². The van der Waals surface area contributed by atoms with E-state index in [0.29, 0.717) is 5.25 Å². The van der Waals surface area contributed by atoms with Gasteiger partial charge in [-0.25, -0.2) is 9.97 Å². The maximum atomic E-state index is 5.97. The van der Waals surface area contributed by atoms with E-state index >= 15 is 0 Å². The quantitative estimate of drug-likeness (QED) is 0.470. The highest BCUT2D eigenvalue weighted by Crippen LogP contribution is 2.38. The van der Waals surface area contributed by atoms with Gasteiger partial charge in [-0.3, -0.25) is 0 Å². The Bertz CT molecular complexity index is 735. The third-order valence-corrected chi connectivity index (χ3v) is 4.98. The molecule has 3 aromatic rings. The summed E-state index contributed by atoms with van der Waals surface area (Å²) in [6, 6.07) is 7.92. The zero-order valence-electron chi connectivity index (χ0n) is 11.1. The lowest BCUT2D eigenvalue weighted by Gasteiger charge is -2.07. The third-order valence-electron chi connectivity index (χ3n) is 2.84. The summed E-state index contributed by atoms with van der Waals surface area (Å²) in [5.74, 6) is 0. The minimum absolute atomic E-state index is 0.492. The molecule has 0 N–H and O–H groups in total. The molecule has 0 radical (unpaired) electrons. The number of thiophene rings is 1. The molecule has 0 aliphatic carbocycles. The molecule has 5 heteroatoms. The summed E-state index contributed by atoms with van der Waals surface area (Å²) in [6.07, 6.45) is 1.65. The minimum Gasteiger partial charge on any atom is -0.229 e. The molecule has 0 unspecified atom stereocenters. The van der Waals surface area contributed by atoms with E-state index in [1.807, 2.05) is 24.3 Å². The highest BCUT2D eigenvalue weighted by Gasteiger charge is 2.14. The molecule has 0 atom stereocenters. The molecular formula is C15H13ClN2S2. The van der Waals surface area contributed by atoms with E-state index in [9.17, 15) is 0 Å². The van der Waals surface area contributed by atoms with Crippen molar-refractivity contribution in [2.45, 2.75) is 24.1 Å². The number of thioether (sulfide) groups is 1. The normalized spacial score (nSPS) is 11.4. The van der Waals surface area contributed by atoms with Gasteiger partial charge in [0.05, 0.1) is 5.39 Å². The van der Waals surface area contributed by atoms with Gasteiger partial charge in [0, 0.05) is 21.2 Å². The van der Waals surface area contributed by atoms with Crippen LogP contribution in [0.25, 0.3) is 21.3 Å². The molecule has 0 bridgehead atoms. The molecule has 2 aromatic heterocycles. The van der Waals surface area contributed by atoms with Gasteiger partial charge < -0.3 is 0 Å². The second kappa shape index (κ2) is 5.72. The van der Waals surface area contributed by atoms with Crippen molar-refractivity contribution in [2.75, 3.05) is 0 Å². The fourth-order valence-electron chi connectivity index (χ4n) is 2.00. The van der Waals surface area contributed by atoms with E-state index in [1.165, 1.54) is 5.56 Å². The molecule has 0 amide bonds. The first kappa shape index (κ1) is 13.9. The number of nitrogens with zero attached hydrogens (tertiary/aromatic N) is 2. The Hall–Kier alpha value is -1.10. The predicted octanol–water partition coefficient (Wildman–Crippen LogP) is 5.51. The smallest absolute Gasteiger partial charge is 0.128 e. The second-order valence-corrected chi connectivity index (χ2v) is 7.54. The molecule has 0 fully saturated rings. The van der Waals surface area contributed by atoms with E-state index in [1.54, 1.807) is 29.4 Å². The maximum Gasteiger partial charge on any atom is 0.128 e. The summed E-state index contributed by atoms with van der Waals surface area (Å²) in [5, 5.41) is 5.59. The van der Waals surface area contributed by atoms with Crippen LogP contribution >= 0.6 is 34.7 Å². The average Bonchev–Trinajstić information content (AvgIpc) is 2.84. The Morgan fingerprint density at radius 3 is 2.60 bits per heavy atom. The first-order valence-electron chi connectivity index (χ1n) is 6.30. The van der Waals surface area contributed by atoms with Gasteiger partial charge >= 0.3 is 0 Å². The number of fused-ring (bicyclic) bond motifs is 1. The van der Waals surface area contributed by atoms with Gasteiger partial charge in [-0.05, 0) is 17.7 Å². The van der Waals surface area contributed by atoms with Crippen LogP contribution in [0.4, 0.5) is 0 Å². The molecule has 0 saturated carbocycles. The average molecular weight is 321 g/mol. The van der Waals surface area contributed by atoms with Crippen molar-refractivity contribution in [3.8, 4) is 11.1 Å². The zero-order valence-corrected chi connectivity index (χ0v) is 13.5. The summed E-state index contributed by atoms with van der Waals surface area (Å²) >= 11 is 9.40. The molecule has 0 aliphatic heterocycles. The van der Waals surface area contributed by atoms with Crippen LogP contribution in [0.1, 0.15) is 13.8 Å². The van der Waals surface area contributed by atoms with E-state index in [-0.39, 0.29) is 0 Å². The monoisotopic (exact) mass is 320 g/mol. The van der Waals surface area contributed by atoms with E-state index in [0.717, 1.165) is 25.8 Å². The number of hydrogen-bond donors (Lipinski definition) is 0. The van der Waals surface area contributed by atoms with Crippen LogP contribution in [-0.4, -0.2) is 15.2 Å². The SMILES string of the molecule is CC(C)Sc1ncnc2scc(-c3ccc(Cl)cc3)c12. The van der Waals surface area contributed by atoms with Crippen molar-refractivity contribution in [3.05, 3.63) is 41.0 Å². The summed E-state index contributed by atoms with van der Waals surface area (Å²) in [5.41, 5.74) is 2.34. The summed E-state index contributed by atoms with van der Waals surface area (Å²) in [6.45, 7) is 4.35. The zero-order chi connectivity index (χ0) is 14.1. The van der Waals surface area contributed by atoms with Crippen molar-refractivity contribution < 1.29 is 0 Å². The van der Waals surface area contributed by atoms with Gasteiger partial charge in [-0.15, -0.1) is 23.1 Å². The minimum atomic E-state index is 0.492. The molecule has 0 spiro atoms. The van der Waals surface area contributed by atoms with Crippen LogP contribution < -0.4 is 0 Å². The van der Waals surface area contributed by atoms with Gasteiger partial charge in [0.15, 0.2) is 0 Å². The highest BCUT2D eigenvalue weighted by molar-refractivity contribution is 8.00. The molecule has 2 heterocycles. The molecule has 20 heavy (non-hydrogen) atoms. The number of rotatable bonds is 3. The van der Waals surface area contributed by atoms with E-state index < -0.39 is 0 Å². The molecular weight excluding hydrogens is 308 g/mol. The molecule has 102 valence electrons. The fourth-order valence-corrected chi connectivity index (χ4v) is 3.99. The fraction of sp³-hybridized carbons (Fsp3) is 0.200. The summed E-state index contributed by atoms with van der Waals surface area (Å²) < 4.78 is 0.